The van der Waals surface area contributed by atoms with Crippen molar-refractivity contribution in [3.8, 4) is 5.75 Å². The lowest BCUT2D eigenvalue weighted by molar-refractivity contribution is -0.121. The van der Waals surface area contributed by atoms with Crippen LogP contribution in [0.4, 0.5) is 0 Å². The summed E-state index contributed by atoms with van der Waals surface area (Å²) in [6, 6.07) is 13.7. The standard InChI is InChI=1S/C20H25ClN2O4S/c1-15(2)22-20(24)14-23(12-11-16-7-5-4-6-8-16)28(25,26)17-9-10-19(27-3)18(21)13-17/h4-10,13,15H,11-12,14H2,1-3H3,(H,22,24). The topological polar surface area (TPSA) is 75.7 Å². The number of methoxy groups -OCH3 is 1. The molecule has 0 spiro atoms. The quantitative estimate of drug-likeness (QED) is 0.671. The molecular weight excluding hydrogens is 400 g/mol. The van der Waals surface area contributed by atoms with Gasteiger partial charge in [-0.05, 0) is 44.0 Å². The number of hydrogen-bond acceptors (Lipinski definition) is 4. The van der Waals surface area contributed by atoms with Gasteiger partial charge in [-0.1, -0.05) is 41.9 Å². The van der Waals surface area contributed by atoms with E-state index >= 15 is 0 Å². The predicted octanol–water partition coefficient (Wildman–Crippen LogP) is 3.11. The summed E-state index contributed by atoms with van der Waals surface area (Å²) in [5.41, 5.74) is 0.986. The zero-order valence-corrected chi connectivity index (χ0v) is 17.8. The molecule has 2 rings (SSSR count). The second-order valence-corrected chi connectivity index (χ2v) is 8.94. The number of hydrogen-bond donors (Lipinski definition) is 1. The lowest BCUT2D eigenvalue weighted by Crippen LogP contribution is -2.43. The van der Waals surface area contributed by atoms with Gasteiger partial charge in [0.1, 0.15) is 5.75 Å². The van der Waals surface area contributed by atoms with Crippen LogP contribution in [0.25, 0.3) is 0 Å². The fourth-order valence-corrected chi connectivity index (χ4v) is 4.41. The van der Waals surface area contributed by atoms with Gasteiger partial charge in [0.15, 0.2) is 0 Å². The van der Waals surface area contributed by atoms with Gasteiger partial charge in [-0.2, -0.15) is 4.31 Å². The number of nitrogens with zero attached hydrogens (tertiary/aromatic N) is 1. The third-order valence-corrected chi connectivity index (χ3v) is 6.16. The molecule has 0 unspecified atom stereocenters. The Morgan fingerprint density at radius 1 is 1.18 bits per heavy atom. The van der Waals surface area contributed by atoms with Gasteiger partial charge in [-0.25, -0.2) is 8.42 Å². The Hall–Kier alpha value is -2.09. The average Bonchev–Trinajstić information content (AvgIpc) is 2.65. The Labute approximate surface area is 171 Å². The van der Waals surface area contributed by atoms with Gasteiger partial charge in [0.25, 0.3) is 0 Å². The smallest absolute Gasteiger partial charge is 0.243 e. The van der Waals surface area contributed by atoms with Gasteiger partial charge in [0.05, 0.1) is 23.6 Å². The van der Waals surface area contributed by atoms with Crippen molar-refractivity contribution in [1.82, 2.24) is 9.62 Å². The molecule has 6 nitrogen and oxygen atoms in total. The third-order valence-electron chi connectivity index (χ3n) is 4.02. The van der Waals surface area contributed by atoms with Gasteiger partial charge in [0.2, 0.25) is 15.9 Å². The van der Waals surface area contributed by atoms with Crippen molar-refractivity contribution >= 4 is 27.5 Å². The van der Waals surface area contributed by atoms with Crippen LogP contribution in [0.1, 0.15) is 19.4 Å². The minimum Gasteiger partial charge on any atom is -0.495 e. The first-order valence-corrected chi connectivity index (χ1v) is 10.7. The van der Waals surface area contributed by atoms with Crippen LogP contribution in [0.15, 0.2) is 53.4 Å². The van der Waals surface area contributed by atoms with Gasteiger partial charge in [-0.3, -0.25) is 4.79 Å². The number of carbonyl (C=O) groups excluding carboxylic acids is 1. The third kappa shape index (κ3) is 5.95. The molecule has 0 aliphatic carbocycles. The minimum absolute atomic E-state index is 0.0173. The van der Waals surface area contributed by atoms with Crippen LogP contribution in [-0.4, -0.2) is 44.9 Å². The maximum absolute atomic E-state index is 13.2. The van der Waals surface area contributed by atoms with Crippen molar-refractivity contribution in [2.45, 2.75) is 31.2 Å². The normalized spacial score (nSPS) is 11.6. The highest BCUT2D eigenvalue weighted by molar-refractivity contribution is 7.89. The Bertz CT molecular complexity index is 902. The molecule has 0 radical (unpaired) electrons. The molecule has 2 aromatic rings. The van der Waals surface area contributed by atoms with E-state index in [-0.39, 0.29) is 35.0 Å². The number of halogens is 1. The van der Waals surface area contributed by atoms with Crippen LogP contribution in [0.2, 0.25) is 5.02 Å². The summed E-state index contributed by atoms with van der Waals surface area (Å²) in [6.07, 6.45) is 0.485. The van der Waals surface area contributed by atoms with E-state index in [0.717, 1.165) is 5.56 Å². The van der Waals surface area contributed by atoms with E-state index < -0.39 is 10.0 Å². The number of amides is 1. The number of carbonyl (C=O) groups is 1. The van der Waals surface area contributed by atoms with Crippen molar-refractivity contribution in [2.75, 3.05) is 20.2 Å². The van der Waals surface area contributed by atoms with Crippen LogP contribution in [-0.2, 0) is 21.2 Å². The maximum Gasteiger partial charge on any atom is 0.243 e. The molecule has 0 bridgehead atoms. The summed E-state index contributed by atoms with van der Waals surface area (Å²) in [5, 5.41) is 2.93. The summed E-state index contributed by atoms with van der Waals surface area (Å²) in [4.78, 5) is 12.3. The molecular formula is C20H25ClN2O4S. The number of benzene rings is 2. The Kier molecular flexibility index (Phi) is 7.86. The summed E-state index contributed by atoms with van der Waals surface area (Å²) in [6.45, 7) is 3.55. The largest absolute Gasteiger partial charge is 0.495 e. The van der Waals surface area contributed by atoms with E-state index in [1.807, 2.05) is 44.2 Å². The highest BCUT2D eigenvalue weighted by Crippen LogP contribution is 2.28. The first-order chi connectivity index (χ1) is 13.2. The summed E-state index contributed by atoms with van der Waals surface area (Å²) in [7, 11) is -2.46. The Balaban J connectivity index is 2.29. The molecule has 28 heavy (non-hydrogen) atoms. The van der Waals surface area contributed by atoms with E-state index in [2.05, 4.69) is 5.32 Å². The van der Waals surface area contributed by atoms with Crippen LogP contribution < -0.4 is 10.1 Å². The molecule has 0 aromatic heterocycles. The molecule has 1 amide bonds. The molecule has 0 aliphatic rings. The Morgan fingerprint density at radius 3 is 2.43 bits per heavy atom. The second kappa shape index (κ2) is 9.91. The van der Waals surface area contributed by atoms with E-state index in [1.165, 1.54) is 29.6 Å². The van der Waals surface area contributed by atoms with Crippen molar-refractivity contribution < 1.29 is 17.9 Å². The molecule has 0 fully saturated rings. The zero-order valence-electron chi connectivity index (χ0n) is 16.2. The molecule has 8 heteroatoms. The summed E-state index contributed by atoms with van der Waals surface area (Å²) >= 11 is 6.10. The van der Waals surface area contributed by atoms with Crippen molar-refractivity contribution in [2.24, 2.45) is 0 Å². The van der Waals surface area contributed by atoms with E-state index in [4.69, 9.17) is 16.3 Å². The van der Waals surface area contributed by atoms with Crippen molar-refractivity contribution in [1.29, 1.82) is 0 Å². The molecule has 0 saturated carbocycles. The number of ether oxygens (including phenoxy) is 1. The monoisotopic (exact) mass is 424 g/mol. The molecule has 0 aliphatic heterocycles. The molecule has 2 aromatic carbocycles. The van der Waals surface area contributed by atoms with Crippen LogP contribution in [0.5, 0.6) is 5.75 Å². The lowest BCUT2D eigenvalue weighted by Gasteiger charge is -2.23. The molecule has 1 N–H and O–H groups in total. The van der Waals surface area contributed by atoms with Crippen LogP contribution >= 0.6 is 11.6 Å². The van der Waals surface area contributed by atoms with Crippen LogP contribution in [0, 0.1) is 0 Å². The second-order valence-electron chi connectivity index (χ2n) is 6.59. The van der Waals surface area contributed by atoms with E-state index in [1.54, 1.807) is 0 Å². The molecule has 0 heterocycles. The maximum atomic E-state index is 13.2. The predicted molar refractivity (Wildman–Crippen MR) is 110 cm³/mol. The molecule has 0 atom stereocenters. The van der Waals surface area contributed by atoms with Gasteiger partial charge in [0, 0.05) is 12.6 Å². The molecule has 152 valence electrons. The van der Waals surface area contributed by atoms with E-state index in [0.29, 0.717) is 12.2 Å². The SMILES string of the molecule is COc1ccc(S(=O)(=O)N(CCc2ccccc2)CC(=O)NC(C)C)cc1Cl. The fourth-order valence-electron chi connectivity index (χ4n) is 2.67. The van der Waals surface area contributed by atoms with E-state index in [9.17, 15) is 13.2 Å². The number of sulfonamides is 1. The van der Waals surface area contributed by atoms with Crippen molar-refractivity contribution in [3.63, 3.8) is 0 Å². The van der Waals surface area contributed by atoms with Gasteiger partial charge >= 0.3 is 0 Å². The minimum atomic E-state index is -3.92. The summed E-state index contributed by atoms with van der Waals surface area (Å²) in [5.74, 6) is 0.0280. The van der Waals surface area contributed by atoms with Gasteiger partial charge < -0.3 is 10.1 Å². The lowest BCUT2D eigenvalue weighted by atomic mass is 10.1. The van der Waals surface area contributed by atoms with Crippen LogP contribution in [0.3, 0.4) is 0 Å². The van der Waals surface area contributed by atoms with Crippen molar-refractivity contribution in [3.05, 3.63) is 59.1 Å². The fraction of sp³-hybridized carbons (Fsp3) is 0.350. The highest BCUT2D eigenvalue weighted by atomic mass is 35.5. The number of nitrogens with one attached hydrogen (secondary N) is 1. The summed E-state index contributed by atoms with van der Waals surface area (Å²) < 4.78 is 32.6. The first kappa shape index (κ1) is 22.2. The number of rotatable bonds is 9. The average molecular weight is 425 g/mol. The highest BCUT2D eigenvalue weighted by Gasteiger charge is 2.27. The zero-order chi connectivity index (χ0) is 20.7. The Morgan fingerprint density at radius 2 is 1.86 bits per heavy atom. The first-order valence-electron chi connectivity index (χ1n) is 8.91. The van der Waals surface area contributed by atoms with Gasteiger partial charge in [-0.15, -0.1) is 0 Å². The molecule has 0 saturated heterocycles.